The molecule has 1 aromatic heterocycles. The molecule has 0 amide bonds. The van der Waals surface area contributed by atoms with E-state index in [-0.39, 0.29) is 16.6 Å². The Morgan fingerprint density at radius 1 is 1.35 bits per heavy atom. The van der Waals surface area contributed by atoms with Gasteiger partial charge in [-0.05, 0) is 18.3 Å². The van der Waals surface area contributed by atoms with E-state index in [4.69, 9.17) is 22.7 Å². The molecule has 0 radical (unpaired) electrons. The molecule has 0 spiro atoms. The normalized spacial score (nSPS) is 17.5. The summed E-state index contributed by atoms with van der Waals surface area (Å²) in [6, 6.07) is 7.87. The Hall–Kier alpha value is -1.95. The number of rotatable bonds is 1. The Kier molecular flexibility index (Phi) is 2.29. The van der Waals surface area contributed by atoms with Crippen molar-refractivity contribution in [3.63, 3.8) is 0 Å². The Morgan fingerprint density at radius 2 is 2.18 bits per heavy atom. The standard InChI is InChI=1S/C11H10N4OS/c12-10-13-9(14-11(17)15-10)7-5-16-8-4-2-1-3-6(7)8/h1-4,7H,5H2,(H3,12,13,14,15,17). The summed E-state index contributed by atoms with van der Waals surface area (Å²) >= 11 is 4.96. The van der Waals surface area contributed by atoms with Gasteiger partial charge in [0.15, 0.2) is 0 Å². The second-order valence-corrected chi connectivity index (χ2v) is 4.17. The highest BCUT2D eigenvalue weighted by atomic mass is 32.1. The van der Waals surface area contributed by atoms with Crippen LogP contribution in [0.25, 0.3) is 0 Å². The Morgan fingerprint density at radius 3 is 3.00 bits per heavy atom. The maximum Gasteiger partial charge on any atom is 0.224 e. The van der Waals surface area contributed by atoms with E-state index in [0.717, 1.165) is 11.3 Å². The third-order valence-electron chi connectivity index (χ3n) is 2.72. The molecule has 0 fully saturated rings. The first-order valence-electron chi connectivity index (χ1n) is 5.19. The number of para-hydroxylation sites is 1. The van der Waals surface area contributed by atoms with Crippen LogP contribution in [-0.2, 0) is 0 Å². The molecule has 2 aromatic rings. The molecular formula is C11H10N4OS. The van der Waals surface area contributed by atoms with E-state index >= 15 is 0 Å². The summed E-state index contributed by atoms with van der Waals surface area (Å²) in [5.74, 6) is 1.91. The molecule has 3 N–H and O–H groups in total. The highest BCUT2D eigenvalue weighted by molar-refractivity contribution is 7.71. The van der Waals surface area contributed by atoms with Gasteiger partial charge in [-0.1, -0.05) is 18.2 Å². The zero-order valence-corrected chi connectivity index (χ0v) is 9.70. The van der Waals surface area contributed by atoms with Crippen LogP contribution in [0.1, 0.15) is 17.3 Å². The van der Waals surface area contributed by atoms with Crippen molar-refractivity contribution in [2.45, 2.75) is 5.92 Å². The van der Waals surface area contributed by atoms with Crippen molar-refractivity contribution in [1.82, 2.24) is 15.0 Å². The van der Waals surface area contributed by atoms with Gasteiger partial charge in [-0.3, -0.25) is 0 Å². The minimum absolute atomic E-state index is 0.0400. The molecule has 1 aliphatic heterocycles. The highest BCUT2D eigenvalue weighted by Crippen LogP contribution is 2.36. The molecule has 0 saturated carbocycles. The molecule has 2 heterocycles. The summed E-state index contributed by atoms with van der Waals surface area (Å²) in [5, 5.41) is 0. The maximum atomic E-state index is 5.63. The number of ether oxygens (including phenoxy) is 1. The maximum absolute atomic E-state index is 5.63. The van der Waals surface area contributed by atoms with Gasteiger partial charge in [-0.25, -0.2) is 4.98 Å². The third kappa shape index (κ3) is 1.76. The zero-order valence-electron chi connectivity index (χ0n) is 8.88. The summed E-state index contributed by atoms with van der Waals surface area (Å²) < 4.78 is 5.84. The van der Waals surface area contributed by atoms with Crippen molar-refractivity contribution >= 4 is 18.2 Å². The summed E-state index contributed by atoms with van der Waals surface area (Å²) in [7, 11) is 0. The van der Waals surface area contributed by atoms with Gasteiger partial charge in [0.25, 0.3) is 0 Å². The molecule has 0 saturated heterocycles. The summed E-state index contributed by atoms with van der Waals surface area (Å²) in [6.07, 6.45) is 0. The molecule has 1 atom stereocenters. The number of H-pyrrole nitrogens is 1. The van der Waals surface area contributed by atoms with Gasteiger partial charge in [-0.2, -0.15) is 4.98 Å². The first kappa shape index (κ1) is 10.2. The average molecular weight is 246 g/mol. The van der Waals surface area contributed by atoms with Crippen molar-refractivity contribution in [3.8, 4) is 5.75 Å². The quantitative estimate of drug-likeness (QED) is 0.748. The van der Waals surface area contributed by atoms with E-state index in [1.54, 1.807) is 0 Å². The predicted octanol–water partition coefficient (Wildman–Crippen LogP) is 1.64. The SMILES string of the molecule is Nc1nc(=S)nc(C2COc3ccccc32)[nH]1. The lowest BCUT2D eigenvalue weighted by atomic mass is 10.0. The number of fused-ring (bicyclic) bond motifs is 1. The van der Waals surface area contributed by atoms with E-state index in [2.05, 4.69) is 15.0 Å². The lowest BCUT2D eigenvalue weighted by Crippen LogP contribution is -2.10. The number of nitrogens with zero attached hydrogens (tertiary/aromatic N) is 2. The fourth-order valence-electron chi connectivity index (χ4n) is 1.97. The van der Waals surface area contributed by atoms with Crippen molar-refractivity contribution in [1.29, 1.82) is 0 Å². The van der Waals surface area contributed by atoms with E-state index in [1.165, 1.54) is 0 Å². The zero-order chi connectivity index (χ0) is 11.8. The Bertz CT molecular complexity index is 625. The van der Waals surface area contributed by atoms with Gasteiger partial charge >= 0.3 is 0 Å². The van der Waals surface area contributed by atoms with Crippen molar-refractivity contribution in [2.75, 3.05) is 12.3 Å². The summed E-state index contributed by atoms with van der Waals surface area (Å²) in [6.45, 7) is 0.543. The van der Waals surface area contributed by atoms with Crippen molar-refractivity contribution < 1.29 is 4.74 Å². The van der Waals surface area contributed by atoms with Crippen molar-refractivity contribution in [3.05, 3.63) is 40.4 Å². The van der Waals surface area contributed by atoms with Crippen LogP contribution in [0.15, 0.2) is 24.3 Å². The smallest absolute Gasteiger partial charge is 0.224 e. The van der Waals surface area contributed by atoms with E-state index < -0.39 is 0 Å². The third-order valence-corrected chi connectivity index (χ3v) is 2.90. The van der Waals surface area contributed by atoms with Crippen molar-refractivity contribution in [2.24, 2.45) is 0 Å². The minimum atomic E-state index is 0.0400. The summed E-state index contributed by atoms with van der Waals surface area (Å²) in [5.41, 5.74) is 6.73. The highest BCUT2D eigenvalue weighted by Gasteiger charge is 2.27. The Labute approximate surface area is 103 Å². The molecule has 1 aliphatic rings. The lowest BCUT2D eigenvalue weighted by Gasteiger charge is -2.08. The molecule has 6 heteroatoms. The van der Waals surface area contributed by atoms with E-state index in [9.17, 15) is 0 Å². The van der Waals surface area contributed by atoms with Crippen LogP contribution in [0.3, 0.4) is 0 Å². The molecule has 5 nitrogen and oxygen atoms in total. The molecular weight excluding hydrogens is 236 g/mol. The molecule has 86 valence electrons. The second-order valence-electron chi connectivity index (χ2n) is 3.80. The van der Waals surface area contributed by atoms with Crippen LogP contribution in [0.4, 0.5) is 5.95 Å². The molecule has 1 aromatic carbocycles. The number of aromatic nitrogens is 3. The van der Waals surface area contributed by atoms with Crippen LogP contribution in [0.2, 0.25) is 0 Å². The number of nitrogens with two attached hydrogens (primary N) is 1. The monoisotopic (exact) mass is 246 g/mol. The van der Waals surface area contributed by atoms with Gasteiger partial charge in [0, 0.05) is 5.56 Å². The second kappa shape index (κ2) is 3.81. The van der Waals surface area contributed by atoms with Gasteiger partial charge in [0.2, 0.25) is 10.7 Å². The van der Waals surface area contributed by atoms with Gasteiger partial charge in [0.1, 0.15) is 18.2 Å². The fraction of sp³-hybridized carbons (Fsp3) is 0.182. The predicted molar refractivity (Wildman–Crippen MR) is 65.4 cm³/mol. The molecule has 3 rings (SSSR count). The van der Waals surface area contributed by atoms with E-state index in [1.807, 2.05) is 24.3 Å². The first-order chi connectivity index (χ1) is 8.24. The average Bonchev–Trinajstić information content (AvgIpc) is 2.71. The van der Waals surface area contributed by atoms with Crippen LogP contribution in [0, 0.1) is 4.77 Å². The van der Waals surface area contributed by atoms with Crippen LogP contribution in [0.5, 0.6) is 5.75 Å². The van der Waals surface area contributed by atoms with E-state index in [0.29, 0.717) is 12.4 Å². The topological polar surface area (TPSA) is 76.8 Å². The molecule has 0 aliphatic carbocycles. The number of anilines is 1. The molecule has 1 unspecified atom stereocenters. The van der Waals surface area contributed by atoms with Crippen LogP contribution in [-0.4, -0.2) is 21.6 Å². The Balaban J connectivity index is 2.10. The van der Waals surface area contributed by atoms with Crippen LogP contribution < -0.4 is 10.5 Å². The lowest BCUT2D eigenvalue weighted by molar-refractivity contribution is 0.339. The molecule has 0 bridgehead atoms. The number of hydrogen-bond donors (Lipinski definition) is 2. The minimum Gasteiger partial charge on any atom is -0.492 e. The number of nitrogens with one attached hydrogen (secondary N) is 1. The van der Waals surface area contributed by atoms with Crippen LogP contribution >= 0.6 is 12.2 Å². The summed E-state index contributed by atoms with van der Waals surface area (Å²) in [4.78, 5) is 11.0. The molecule has 17 heavy (non-hydrogen) atoms. The number of hydrogen-bond acceptors (Lipinski definition) is 5. The number of benzene rings is 1. The van der Waals surface area contributed by atoms with Gasteiger partial charge in [-0.15, -0.1) is 0 Å². The number of nitrogen functional groups attached to an aromatic ring is 1. The first-order valence-corrected chi connectivity index (χ1v) is 5.60. The van der Waals surface area contributed by atoms with Gasteiger partial charge < -0.3 is 15.5 Å². The largest absolute Gasteiger partial charge is 0.492 e. The van der Waals surface area contributed by atoms with Gasteiger partial charge in [0.05, 0.1) is 5.92 Å². The number of aromatic amines is 1. The fourth-order valence-corrected chi connectivity index (χ4v) is 2.17.